The monoisotopic (exact) mass is 342 g/mol. The van der Waals surface area contributed by atoms with Crippen molar-refractivity contribution in [1.82, 2.24) is 9.78 Å². The first-order chi connectivity index (χ1) is 12.8. The van der Waals surface area contributed by atoms with Gasteiger partial charge in [-0.3, -0.25) is 0 Å². The molecule has 0 spiro atoms. The van der Waals surface area contributed by atoms with Crippen LogP contribution >= 0.6 is 0 Å². The first-order valence-electron chi connectivity index (χ1n) is 8.34. The highest BCUT2D eigenvalue weighted by Gasteiger charge is 2.15. The number of aromatic hydroxyl groups is 1. The summed E-state index contributed by atoms with van der Waals surface area (Å²) in [5, 5.41) is 15.0. The molecular formula is C22H18N2O2. The molecule has 0 aliphatic heterocycles. The van der Waals surface area contributed by atoms with Crippen LogP contribution in [0.15, 0.2) is 84.9 Å². The lowest BCUT2D eigenvalue weighted by Crippen LogP contribution is -1.99. The van der Waals surface area contributed by atoms with Crippen molar-refractivity contribution in [1.29, 1.82) is 0 Å². The van der Waals surface area contributed by atoms with Gasteiger partial charge in [-0.05, 0) is 42.5 Å². The Balaban J connectivity index is 1.89. The van der Waals surface area contributed by atoms with Crippen molar-refractivity contribution in [3.05, 3.63) is 84.9 Å². The lowest BCUT2D eigenvalue weighted by molar-refractivity contribution is 0.414. The first kappa shape index (κ1) is 16.0. The molecule has 0 radical (unpaired) electrons. The number of aromatic nitrogens is 2. The van der Waals surface area contributed by atoms with E-state index in [0.29, 0.717) is 5.56 Å². The third kappa shape index (κ3) is 2.93. The van der Waals surface area contributed by atoms with Gasteiger partial charge in [-0.2, -0.15) is 5.10 Å². The van der Waals surface area contributed by atoms with Gasteiger partial charge in [0.05, 0.1) is 24.2 Å². The van der Waals surface area contributed by atoms with Crippen LogP contribution in [0.5, 0.6) is 11.5 Å². The van der Waals surface area contributed by atoms with Gasteiger partial charge in [0.1, 0.15) is 11.5 Å². The van der Waals surface area contributed by atoms with E-state index in [4.69, 9.17) is 9.84 Å². The predicted octanol–water partition coefficient (Wildman–Crippen LogP) is 4.92. The highest BCUT2D eigenvalue weighted by molar-refractivity contribution is 5.73. The molecule has 1 aromatic heterocycles. The summed E-state index contributed by atoms with van der Waals surface area (Å²) in [5.74, 6) is 1.01. The molecule has 4 nitrogen and oxygen atoms in total. The maximum atomic E-state index is 10.2. The van der Waals surface area contributed by atoms with Crippen molar-refractivity contribution in [3.8, 4) is 39.7 Å². The minimum absolute atomic E-state index is 0.214. The molecule has 26 heavy (non-hydrogen) atoms. The lowest BCUT2D eigenvalue weighted by atomic mass is 10.1. The predicted molar refractivity (Wildman–Crippen MR) is 103 cm³/mol. The summed E-state index contributed by atoms with van der Waals surface area (Å²) in [4.78, 5) is 0. The molecule has 4 aromatic rings. The largest absolute Gasteiger partial charge is 0.507 e. The molecule has 1 N–H and O–H groups in total. The van der Waals surface area contributed by atoms with E-state index in [1.165, 1.54) is 0 Å². The number of para-hydroxylation sites is 1. The van der Waals surface area contributed by atoms with Gasteiger partial charge in [0.15, 0.2) is 0 Å². The quantitative estimate of drug-likeness (QED) is 0.572. The van der Waals surface area contributed by atoms with Crippen LogP contribution in [0.4, 0.5) is 0 Å². The van der Waals surface area contributed by atoms with Crippen molar-refractivity contribution in [2.45, 2.75) is 0 Å². The van der Waals surface area contributed by atoms with Crippen molar-refractivity contribution in [2.24, 2.45) is 0 Å². The summed E-state index contributed by atoms with van der Waals surface area (Å²) < 4.78 is 7.13. The summed E-state index contributed by atoms with van der Waals surface area (Å²) in [5.41, 5.74) is 4.35. The average molecular weight is 342 g/mol. The summed E-state index contributed by atoms with van der Waals surface area (Å²) >= 11 is 0. The minimum Gasteiger partial charge on any atom is -0.507 e. The van der Waals surface area contributed by atoms with Gasteiger partial charge in [-0.1, -0.05) is 42.5 Å². The average Bonchev–Trinajstić information content (AvgIpc) is 3.14. The molecule has 4 rings (SSSR count). The molecule has 3 aromatic carbocycles. The van der Waals surface area contributed by atoms with Crippen LogP contribution in [-0.4, -0.2) is 22.0 Å². The van der Waals surface area contributed by atoms with E-state index in [1.54, 1.807) is 19.2 Å². The first-order valence-corrected chi connectivity index (χ1v) is 8.34. The Kier molecular flexibility index (Phi) is 4.15. The number of methoxy groups -OCH3 is 1. The molecule has 0 saturated carbocycles. The molecule has 4 heteroatoms. The van der Waals surface area contributed by atoms with E-state index in [-0.39, 0.29) is 5.75 Å². The molecule has 0 unspecified atom stereocenters. The Morgan fingerprint density at radius 3 is 2.23 bits per heavy atom. The maximum Gasteiger partial charge on any atom is 0.125 e. The fourth-order valence-corrected chi connectivity index (χ4v) is 2.94. The van der Waals surface area contributed by atoms with Gasteiger partial charge in [-0.15, -0.1) is 0 Å². The molecule has 0 aliphatic rings. The SMILES string of the molecule is COc1ccc(-n2nc(-c3ccccc3O)cc2-c2ccccc2)cc1. The Bertz CT molecular complexity index is 1020. The van der Waals surface area contributed by atoms with Crippen LogP contribution in [0.2, 0.25) is 0 Å². The second kappa shape index (κ2) is 6.76. The zero-order valence-electron chi connectivity index (χ0n) is 14.3. The molecular weight excluding hydrogens is 324 g/mol. The fraction of sp³-hybridized carbons (Fsp3) is 0.0455. The van der Waals surface area contributed by atoms with Gasteiger partial charge in [-0.25, -0.2) is 4.68 Å². The summed E-state index contributed by atoms with van der Waals surface area (Å²) in [6.45, 7) is 0. The Labute approximate surface area is 151 Å². The third-order valence-electron chi connectivity index (χ3n) is 4.28. The highest BCUT2D eigenvalue weighted by atomic mass is 16.5. The topological polar surface area (TPSA) is 47.3 Å². The van der Waals surface area contributed by atoms with E-state index in [9.17, 15) is 5.11 Å². The normalized spacial score (nSPS) is 10.7. The van der Waals surface area contributed by atoms with Crippen LogP contribution < -0.4 is 4.74 Å². The molecule has 0 saturated heterocycles. The number of nitrogens with zero attached hydrogens (tertiary/aromatic N) is 2. The smallest absolute Gasteiger partial charge is 0.125 e. The van der Waals surface area contributed by atoms with Gasteiger partial charge in [0, 0.05) is 11.1 Å². The van der Waals surface area contributed by atoms with Gasteiger partial charge >= 0.3 is 0 Å². The lowest BCUT2D eigenvalue weighted by Gasteiger charge is -2.08. The Morgan fingerprint density at radius 2 is 1.54 bits per heavy atom. The standard InChI is InChI=1S/C22H18N2O2/c1-26-18-13-11-17(12-14-18)24-21(16-7-3-2-4-8-16)15-20(23-24)19-9-5-6-10-22(19)25/h2-15,25H,1H3. The van der Waals surface area contributed by atoms with Crippen molar-refractivity contribution in [2.75, 3.05) is 7.11 Å². The van der Waals surface area contributed by atoms with Crippen molar-refractivity contribution in [3.63, 3.8) is 0 Å². The molecule has 0 bridgehead atoms. The molecule has 1 heterocycles. The van der Waals surface area contributed by atoms with Crippen LogP contribution in [0, 0.1) is 0 Å². The maximum absolute atomic E-state index is 10.2. The van der Waals surface area contributed by atoms with Crippen LogP contribution in [0.25, 0.3) is 28.2 Å². The Hall–Kier alpha value is -3.53. The molecule has 0 atom stereocenters. The van der Waals surface area contributed by atoms with E-state index < -0.39 is 0 Å². The highest BCUT2D eigenvalue weighted by Crippen LogP contribution is 2.33. The van der Waals surface area contributed by atoms with Crippen LogP contribution in [-0.2, 0) is 0 Å². The van der Waals surface area contributed by atoms with Crippen molar-refractivity contribution < 1.29 is 9.84 Å². The van der Waals surface area contributed by atoms with E-state index in [2.05, 4.69) is 0 Å². The van der Waals surface area contributed by atoms with E-state index >= 15 is 0 Å². The van der Waals surface area contributed by atoms with Crippen LogP contribution in [0.1, 0.15) is 0 Å². The number of hydrogen-bond acceptors (Lipinski definition) is 3. The molecule has 0 fully saturated rings. The number of benzene rings is 3. The number of phenolic OH excluding ortho intramolecular Hbond substituents is 1. The fourth-order valence-electron chi connectivity index (χ4n) is 2.94. The summed E-state index contributed by atoms with van der Waals surface area (Å²) in [6.07, 6.45) is 0. The molecule has 128 valence electrons. The number of ether oxygens (including phenoxy) is 1. The second-order valence-corrected chi connectivity index (χ2v) is 5.91. The van der Waals surface area contributed by atoms with Gasteiger partial charge in [0.2, 0.25) is 0 Å². The number of hydrogen-bond donors (Lipinski definition) is 1. The third-order valence-corrected chi connectivity index (χ3v) is 4.28. The minimum atomic E-state index is 0.214. The second-order valence-electron chi connectivity index (χ2n) is 5.91. The number of rotatable bonds is 4. The summed E-state index contributed by atoms with van der Waals surface area (Å²) in [7, 11) is 1.65. The summed E-state index contributed by atoms with van der Waals surface area (Å²) in [6, 6.07) is 27.1. The van der Waals surface area contributed by atoms with E-state index in [1.807, 2.05) is 77.5 Å². The van der Waals surface area contributed by atoms with Crippen LogP contribution in [0.3, 0.4) is 0 Å². The molecule has 0 aliphatic carbocycles. The molecule has 0 amide bonds. The van der Waals surface area contributed by atoms with E-state index in [0.717, 1.165) is 28.4 Å². The zero-order valence-corrected chi connectivity index (χ0v) is 14.3. The number of phenols is 1. The van der Waals surface area contributed by atoms with Crippen molar-refractivity contribution >= 4 is 0 Å². The van der Waals surface area contributed by atoms with Gasteiger partial charge in [0.25, 0.3) is 0 Å². The van der Waals surface area contributed by atoms with Gasteiger partial charge < -0.3 is 9.84 Å². The zero-order chi connectivity index (χ0) is 17.9. The Morgan fingerprint density at radius 1 is 0.846 bits per heavy atom.